The fraction of sp³-hybridized carbons (Fsp3) is 0.381. The largest absolute Gasteiger partial charge is 0.507 e. The van der Waals surface area contributed by atoms with Crippen LogP contribution in [0.15, 0.2) is 49.1 Å². The van der Waals surface area contributed by atoms with Crippen LogP contribution in [0.1, 0.15) is 25.7 Å². The number of anilines is 1. The van der Waals surface area contributed by atoms with E-state index in [9.17, 15) is 5.11 Å². The number of phenols is 1. The molecule has 5 rings (SSSR count). The molecule has 2 N–H and O–H groups in total. The van der Waals surface area contributed by atoms with Gasteiger partial charge in [-0.05, 0) is 49.9 Å². The molecule has 3 atom stereocenters. The predicted octanol–water partition coefficient (Wildman–Crippen LogP) is 2.75. The predicted molar refractivity (Wildman–Crippen MR) is 108 cm³/mol. The number of hydrogen-bond donors (Lipinski definition) is 2. The van der Waals surface area contributed by atoms with E-state index < -0.39 is 0 Å². The van der Waals surface area contributed by atoms with Gasteiger partial charge in [-0.3, -0.25) is 0 Å². The third kappa shape index (κ3) is 3.11. The smallest absolute Gasteiger partial charge is 0.151 e. The first kappa shape index (κ1) is 17.2. The molecule has 0 radical (unpaired) electrons. The number of phenolic OH excluding ortho intramolecular Hbond substituents is 1. The van der Waals surface area contributed by atoms with Crippen molar-refractivity contribution in [2.24, 2.45) is 0 Å². The van der Waals surface area contributed by atoms with Gasteiger partial charge in [0.2, 0.25) is 0 Å². The van der Waals surface area contributed by atoms with Gasteiger partial charge in [0, 0.05) is 49.2 Å². The maximum atomic E-state index is 10.5. The number of benzene rings is 1. The lowest BCUT2D eigenvalue weighted by atomic mass is 9.98. The zero-order valence-electron chi connectivity index (χ0n) is 15.9. The molecule has 2 aliphatic rings. The minimum absolute atomic E-state index is 0.177. The van der Waals surface area contributed by atoms with E-state index in [1.165, 1.54) is 12.8 Å². The van der Waals surface area contributed by atoms with Crippen LogP contribution in [0.3, 0.4) is 0 Å². The second-order valence-electron chi connectivity index (χ2n) is 7.82. The molecule has 7 heteroatoms. The first-order valence-corrected chi connectivity index (χ1v) is 9.82. The molecule has 2 fully saturated rings. The van der Waals surface area contributed by atoms with Gasteiger partial charge in [0.15, 0.2) is 5.82 Å². The molecule has 3 aromatic rings. The van der Waals surface area contributed by atoms with Crippen molar-refractivity contribution in [2.45, 2.75) is 43.8 Å². The van der Waals surface area contributed by atoms with Crippen molar-refractivity contribution in [2.75, 3.05) is 11.9 Å². The highest BCUT2D eigenvalue weighted by Crippen LogP contribution is 2.32. The normalized spacial score (nSPS) is 23.7. The number of hydrogen-bond acceptors (Lipinski definition) is 6. The molecule has 0 amide bonds. The van der Waals surface area contributed by atoms with Crippen LogP contribution in [0.25, 0.3) is 16.9 Å². The standard InChI is InChI=1S/C21H24N6O/c1-26(17-10-14-2-3-15(11-17)23-14)21-7-6-19(24-25-21)18-5-4-16(12-20(18)28)27-9-8-22-13-27/h4-9,12-15,17,23,28H,2-3,10-11H2,1H3/t14-,15+,17+. The van der Waals surface area contributed by atoms with E-state index in [1.54, 1.807) is 18.6 Å². The number of aromatic hydroxyl groups is 1. The fourth-order valence-corrected chi connectivity index (χ4v) is 4.50. The Hall–Kier alpha value is -2.93. The monoisotopic (exact) mass is 376 g/mol. The van der Waals surface area contributed by atoms with Crippen LogP contribution >= 0.6 is 0 Å². The van der Waals surface area contributed by atoms with E-state index in [0.29, 0.717) is 29.4 Å². The van der Waals surface area contributed by atoms with Gasteiger partial charge in [-0.15, -0.1) is 10.2 Å². The molecule has 0 unspecified atom stereocenters. The van der Waals surface area contributed by atoms with Gasteiger partial charge in [-0.25, -0.2) is 4.98 Å². The molecule has 144 valence electrons. The van der Waals surface area contributed by atoms with E-state index in [1.807, 2.05) is 35.0 Å². The summed E-state index contributed by atoms with van der Waals surface area (Å²) in [5.41, 5.74) is 2.19. The molecule has 4 heterocycles. The van der Waals surface area contributed by atoms with Gasteiger partial charge in [0.25, 0.3) is 0 Å². The summed E-state index contributed by atoms with van der Waals surface area (Å²) in [4.78, 5) is 6.29. The molecular weight excluding hydrogens is 352 g/mol. The Morgan fingerprint density at radius 3 is 2.57 bits per heavy atom. The van der Waals surface area contributed by atoms with E-state index in [4.69, 9.17) is 0 Å². The molecule has 2 aliphatic heterocycles. The van der Waals surface area contributed by atoms with Crippen molar-refractivity contribution in [3.8, 4) is 22.7 Å². The number of aromatic nitrogens is 4. The molecular formula is C21H24N6O. The second kappa shape index (κ2) is 6.91. The zero-order valence-corrected chi connectivity index (χ0v) is 15.9. The number of imidazole rings is 1. The highest BCUT2D eigenvalue weighted by molar-refractivity contribution is 5.69. The maximum absolute atomic E-state index is 10.5. The van der Waals surface area contributed by atoms with Gasteiger partial charge in [0.05, 0.1) is 17.7 Å². The first-order valence-electron chi connectivity index (χ1n) is 9.82. The second-order valence-corrected chi connectivity index (χ2v) is 7.82. The van der Waals surface area contributed by atoms with Crippen LogP contribution in [-0.4, -0.2) is 50.0 Å². The van der Waals surface area contributed by atoms with Crippen LogP contribution in [0, 0.1) is 0 Å². The summed E-state index contributed by atoms with van der Waals surface area (Å²) in [6.07, 6.45) is 10.1. The molecule has 2 bridgehead atoms. The van der Waals surface area contributed by atoms with E-state index in [0.717, 1.165) is 24.3 Å². The molecule has 0 spiro atoms. The Kier molecular flexibility index (Phi) is 4.24. The Morgan fingerprint density at radius 1 is 1.11 bits per heavy atom. The summed E-state index contributed by atoms with van der Waals surface area (Å²) in [7, 11) is 2.11. The highest BCUT2D eigenvalue weighted by atomic mass is 16.3. The van der Waals surface area contributed by atoms with Gasteiger partial charge in [-0.1, -0.05) is 0 Å². The Balaban J connectivity index is 1.35. The lowest BCUT2D eigenvalue weighted by Gasteiger charge is -2.36. The topological polar surface area (TPSA) is 79.1 Å². The van der Waals surface area contributed by atoms with Crippen molar-refractivity contribution in [3.05, 3.63) is 49.1 Å². The number of fused-ring (bicyclic) bond motifs is 2. The van der Waals surface area contributed by atoms with Crippen LogP contribution in [0.4, 0.5) is 5.82 Å². The summed E-state index contributed by atoms with van der Waals surface area (Å²) >= 11 is 0. The minimum atomic E-state index is 0.177. The summed E-state index contributed by atoms with van der Waals surface area (Å²) < 4.78 is 1.85. The number of nitrogens with one attached hydrogen (secondary N) is 1. The highest BCUT2D eigenvalue weighted by Gasteiger charge is 2.35. The van der Waals surface area contributed by atoms with Crippen LogP contribution in [-0.2, 0) is 0 Å². The van der Waals surface area contributed by atoms with Crippen molar-refractivity contribution in [1.29, 1.82) is 0 Å². The lowest BCUT2D eigenvalue weighted by molar-refractivity contribution is 0.353. The van der Waals surface area contributed by atoms with Gasteiger partial charge in [0.1, 0.15) is 5.75 Å². The number of rotatable bonds is 4. The van der Waals surface area contributed by atoms with Gasteiger partial charge in [-0.2, -0.15) is 0 Å². The van der Waals surface area contributed by atoms with Crippen molar-refractivity contribution in [3.63, 3.8) is 0 Å². The Labute approximate surface area is 164 Å². The first-order chi connectivity index (χ1) is 13.7. The lowest BCUT2D eigenvalue weighted by Crippen LogP contribution is -2.47. The average Bonchev–Trinajstić information content (AvgIpc) is 3.37. The van der Waals surface area contributed by atoms with Crippen molar-refractivity contribution < 1.29 is 5.11 Å². The maximum Gasteiger partial charge on any atom is 0.151 e. The molecule has 2 aromatic heterocycles. The van der Waals surface area contributed by atoms with E-state index in [2.05, 4.69) is 32.4 Å². The van der Waals surface area contributed by atoms with Crippen molar-refractivity contribution >= 4 is 5.82 Å². The van der Waals surface area contributed by atoms with Gasteiger partial charge < -0.3 is 19.9 Å². The van der Waals surface area contributed by atoms with E-state index >= 15 is 0 Å². The summed E-state index contributed by atoms with van der Waals surface area (Å²) in [5.74, 6) is 1.06. The fourth-order valence-electron chi connectivity index (χ4n) is 4.50. The van der Waals surface area contributed by atoms with Gasteiger partial charge >= 0.3 is 0 Å². The van der Waals surface area contributed by atoms with Crippen molar-refractivity contribution in [1.82, 2.24) is 25.1 Å². The number of nitrogens with zero attached hydrogens (tertiary/aromatic N) is 5. The van der Waals surface area contributed by atoms with Crippen LogP contribution in [0.5, 0.6) is 5.75 Å². The molecule has 28 heavy (non-hydrogen) atoms. The number of piperidine rings is 1. The summed E-state index contributed by atoms with van der Waals surface area (Å²) in [6, 6.07) is 11.2. The summed E-state index contributed by atoms with van der Waals surface area (Å²) in [6.45, 7) is 0. The SMILES string of the molecule is CN(c1ccc(-c2ccc(-n3ccnc3)cc2O)nn1)[C@H]1C[C@H]2CC[C@@H](C1)N2. The third-order valence-electron chi connectivity index (χ3n) is 6.07. The Bertz CT molecular complexity index is 944. The summed E-state index contributed by atoms with van der Waals surface area (Å²) in [5, 5.41) is 23.0. The zero-order chi connectivity index (χ0) is 19.1. The molecule has 2 saturated heterocycles. The average molecular weight is 376 g/mol. The quantitative estimate of drug-likeness (QED) is 0.729. The molecule has 0 aliphatic carbocycles. The van der Waals surface area contributed by atoms with Crippen LogP contribution < -0.4 is 10.2 Å². The molecule has 0 saturated carbocycles. The minimum Gasteiger partial charge on any atom is -0.507 e. The molecule has 1 aromatic carbocycles. The molecule has 7 nitrogen and oxygen atoms in total. The van der Waals surface area contributed by atoms with E-state index in [-0.39, 0.29) is 5.75 Å². The van der Waals surface area contributed by atoms with Crippen LogP contribution in [0.2, 0.25) is 0 Å². The Morgan fingerprint density at radius 2 is 1.93 bits per heavy atom. The third-order valence-corrected chi connectivity index (χ3v) is 6.07.